The summed E-state index contributed by atoms with van der Waals surface area (Å²) >= 11 is 1.61. The molecule has 2 aliphatic heterocycles. The number of piperazine rings is 1. The van der Waals surface area contributed by atoms with E-state index in [1.165, 1.54) is 6.42 Å². The van der Waals surface area contributed by atoms with Gasteiger partial charge in [-0.15, -0.1) is 11.3 Å². The van der Waals surface area contributed by atoms with Crippen LogP contribution in [-0.2, 0) is 4.79 Å². The van der Waals surface area contributed by atoms with Gasteiger partial charge < -0.3 is 9.42 Å². The summed E-state index contributed by atoms with van der Waals surface area (Å²) in [6.45, 7) is 8.13. The minimum absolute atomic E-state index is 0.0890. The molecule has 2 aliphatic rings. The molecule has 146 valence electrons. The average Bonchev–Trinajstić information content (AvgIpc) is 3.40. The smallest absolute Gasteiger partial charge is 0.244 e. The van der Waals surface area contributed by atoms with Gasteiger partial charge in [0, 0.05) is 39.3 Å². The van der Waals surface area contributed by atoms with Gasteiger partial charge in [0.15, 0.2) is 0 Å². The van der Waals surface area contributed by atoms with Gasteiger partial charge in [-0.25, -0.2) is 0 Å². The van der Waals surface area contributed by atoms with Crippen molar-refractivity contribution in [1.82, 2.24) is 24.8 Å². The van der Waals surface area contributed by atoms with E-state index in [0.717, 1.165) is 57.0 Å². The second kappa shape index (κ2) is 8.50. The third-order valence-electron chi connectivity index (χ3n) is 5.56. The van der Waals surface area contributed by atoms with Gasteiger partial charge in [-0.1, -0.05) is 11.2 Å². The number of likely N-dealkylation sites (tertiary alicyclic amines) is 1. The number of aromatic nitrogens is 2. The molecule has 27 heavy (non-hydrogen) atoms. The molecule has 0 saturated carbocycles. The Morgan fingerprint density at radius 1 is 1.19 bits per heavy atom. The Morgan fingerprint density at radius 3 is 2.67 bits per heavy atom. The Labute approximate surface area is 163 Å². The number of hydrogen-bond acceptors (Lipinski definition) is 7. The van der Waals surface area contributed by atoms with Crippen LogP contribution in [0.3, 0.4) is 0 Å². The van der Waals surface area contributed by atoms with E-state index in [2.05, 4.69) is 26.9 Å². The number of carbonyl (C=O) groups is 1. The van der Waals surface area contributed by atoms with Gasteiger partial charge in [0.05, 0.1) is 17.5 Å². The summed E-state index contributed by atoms with van der Waals surface area (Å²) in [5.74, 6) is 1.61. The largest absolute Gasteiger partial charge is 0.342 e. The summed E-state index contributed by atoms with van der Waals surface area (Å²) < 4.78 is 5.50. The molecule has 1 atom stereocenters. The van der Waals surface area contributed by atoms with Crippen molar-refractivity contribution in [3.05, 3.63) is 23.4 Å². The van der Waals surface area contributed by atoms with Crippen molar-refractivity contribution < 1.29 is 9.32 Å². The number of amides is 1. The van der Waals surface area contributed by atoms with Crippen LogP contribution in [0, 0.1) is 0 Å². The molecule has 0 N–H and O–H groups in total. The fraction of sp³-hybridized carbons (Fsp3) is 0.632. The summed E-state index contributed by atoms with van der Waals surface area (Å²) in [6, 6.07) is 4.08. The topological polar surface area (TPSA) is 65.7 Å². The van der Waals surface area contributed by atoms with Crippen LogP contribution in [0.25, 0.3) is 10.7 Å². The van der Waals surface area contributed by atoms with Gasteiger partial charge in [-0.3, -0.25) is 14.6 Å². The maximum absolute atomic E-state index is 12.5. The van der Waals surface area contributed by atoms with E-state index < -0.39 is 0 Å². The zero-order valence-electron chi connectivity index (χ0n) is 15.8. The highest BCUT2D eigenvalue weighted by molar-refractivity contribution is 7.13. The predicted molar refractivity (Wildman–Crippen MR) is 104 cm³/mol. The molecule has 8 heteroatoms. The molecule has 0 aliphatic carbocycles. The van der Waals surface area contributed by atoms with Crippen LogP contribution in [0.5, 0.6) is 0 Å². The molecule has 2 saturated heterocycles. The van der Waals surface area contributed by atoms with E-state index in [1.54, 1.807) is 11.3 Å². The zero-order valence-corrected chi connectivity index (χ0v) is 16.7. The standard InChI is InChI=1S/C19H27N5O2S/c1-15(19-20-18(21-26-19)16-6-5-13-27-16)23-11-9-22(10-12-23)14-17(25)24-7-3-2-4-8-24/h5-6,13,15H,2-4,7-12,14H2,1H3. The third-order valence-corrected chi connectivity index (χ3v) is 6.43. The van der Waals surface area contributed by atoms with E-state index in [4.69, 9.17) is 4.52 Å². The van der Waals surface area contributed by atoms with Gasteiger partial charge in [0.25, 0.3) is 0 Å². The summed E-state index contributed by atoms with van der Waals surface area (Å²) in [5, 5.41) is 6.13. The molecule has 2 aromatic heterocycles. The Bertz CT molecular complexity index is 733. The van der Waals surface area contributed by atoms with Crippen molar-refractivity contribution >= 4 is 17.2 Å². The van der Waals surface area contributed by atoms with Crippen molar-refractivity contribution in [2.24, 2.45) is 0 Å². The zero-order chi connectivity index (χ0) is 18.6. The highest BCUT2D eigenvalue weighted by atomic mass is 32.1. The molecule has 4 heterocycles. The Kier molecular flexibility index (Phi) is 5.85. The van der Waals surface area contributed by atoms with E-state index in [-0.39, 0.29) is 11.9 Å². The first-order chi connectivity index (χ1) is 13.2. The van der Waals surface area contributed by atoms with E-state index in [9.17, 15) is 4.79 Å². The monoisotopic (exact) mass is 389 g/mol. The second-order valence-corrected chi connectivity index (χ2v) is 8.31. The number of rotatable bonds is 5. The van der Waals surface area contributed by atoms with Gasteiger partial charge in [0.1, 0.15) is 0 Å². The van der Waals surface area contributed by atoms with Crippen LogP contribution in [-0.4, -0.2) is 76.6 Å². The first kappa shape index (κ1) is 18.6. The van der Waals surface area contributed by atoms with Gasteiger partial charge >= 0.3 is 0 Å². The third kappa shape index (κ3) is 4.39. The number of thiophene rings is 1. The SMILES string of the molecule is CC(c1nc(-c2cccs2)no1)N1CCN(CC(=O)N2CCCCC2)CC1. The summed E-state index contributed by atoms with van der Waals surface area (Å²) in [7, 11) is 0. The number of nitrogens with zero attached hydrogens (tertiary/aromatic N) is 5. The van der Waals surface area contributed by atoms with Gasteiger partial charge in [0.2, 0.25) is 17.6 Å². The van der Waals surface area contributed by atoms with Crippen molar-refractivity contribution in [1.29, 1.82) is 0 Å². The minimum Gasteiger partial charge on any atom is -0.342 e. The summed E-state index contributed by atoms with van der Waals surface area (Å²) in [4.78, 5) is 24.7. The van der Waals surface area contributed by atoms with Crippen molar-refractivity contribution in [2.75, 3.05) is 45.8 Å². The quantitative estimate of drug-likeness (QED) is 0.783. The Balaban J connectivity index is 1.28. The lowest BCUT2D eigenvalue weighted by atomic mass is 10.1. The lowest BCUT2D eigenvalue weighted by molar-refractivity contribution is -0.133. The lowest BCUT2D eigenvalue weighted by Gasteiger charge is -2.37. The number of piperidine rings is 1. The van der Waals surface area contributed by atoms with Crippen LogP contribution >= 0.6 is 11.3 Å². The molecule has 1 amide bonds. The molecule has 0 radical (unpaired) electrons. The van der Waals surface area contributed by atoms with E-state index >= 15 is 0 Å². The number of hydrogen-bond donors (Lipinski definition) is 0. The molecule has 7 nitrogen and oxygen atoms in total. The second-order valence-electron chi connectivity index (χ2n) is 7.36. The maximum atomic E-state index is 12.5. The van der Waals surface area contributed by atoms with Crippen molar-refractivity contribution in [3.8, 4) is 10.7 Å². The highest BCUT2D eigenvalue weighted by Crippen LogP contribution is 2.25. The number of carbonyl (C=O) groups excluding carboxylic acids is 1. The van der Waals surface area contributed by atoms with Crippen LogP contribution in [0.15, 0.2) is 22.0 Å². The summed E-state index contributed by atoms with van der Waals surface area (Å²) in [5.41, 5.74) is 0. The lowest BCUT2D eigenvalue weighted by Crippen LogP contribution is -2.51. The normalized spacial score (nSPS) is 20.7. The van der Waals surface area contributed by atoms with Crippen molar-refractivity contribution in [2.45, 2.75) is 32.2 Å². The van der Waals surface area contributed by atoms with E-state index in [1.807, 2.05) is 22.4 Å². The van der Waals surface area contributed by atoms with Crippen LogP contribution in [0.4, 0.5) is 0 Å². The van der Waals surface area contributed by atoms with Crippen LogP contribution in [0.1, 0.15) is 38.1 Å². The Hall–Kier alpha value is -1.77. The molecular weight excluding hydrogens is 362 g/mol. The molecule has 0 aromatic carbocycles. The molecule has 0 bridgehead atoms. The maximum Gasteiger partial charge on any atom is 0.244 e. The molecule has 2 fully saturated rings. The Morgan fingerprint density at radius 2 is 1.96 bits per heavy atom. The summed E-state index contributed by atoms with van der Waals surface area (Å²) in [6.07, 6.45) is 3.55. The predicted octanol–water partition coefficient (Wildman–Crippen LogP) is 2.49. The highest BCUT2D eigenvalue weighted by Gasteiger charge is 2.28. The first-order valence-electron chi connectivity index (χ1n) is 9.82. The van der Waals surface area contributed by atoms with Crippen LogP contribution in [0.2, 0.25) is 0 Å². The molecule has 0 spiro atoms. The molecule has 4 rings (SSSR count). The van der Waals surface area contributed by atoms with Gasteiger partial charge in [-0.05, 0) is 37.6 Å². The average molecular weight is 390 g/mol. The molecule has 2 aromatic rings. The minimum atomic E-state index is 0.0890. The van der Waals surface area contributed by atoms with E-state index in [0.29, 0.717) is 18.3 Å². The first-order valence-corrected chi connectivity index (χ1v) is 10.7. The molecule has 1 unspecified atom stereocenters. The van der Waals surface area contributed by atoms with Gasteiger partial charge in [-0.2, -0.15) is 4.98 Å². The molecular formula is C19H27N5O2S. The van der Waals surface area contributed by atoms with Crippen LogP contribution < -0.4 is 0 Å². The fourth-order valence-corrected chi connectivity index (χ4v) is 4.46. The van der Waals surface area contributed by atoms with Crippen molar-refractivity contribution in [3.63, 3.8) is 0 Å². The fourth-order valence-electron chi connectivity index (χ4n) is 3.81.